The van der Waals surface area contributed by atoms with E-state index in [-0.39, 0.29) is 17.8 Å². The van der Waals surface area contributed by atoms with Crippen molar-refractivity contribution in [2.24, 2.45) is 5.73 Å². The predicted octanol–water partition coefficient (Wildman–Crippen LogP) is 3.85. The van der Waals surface area contributed by atoms with Gasteiger partial charge in [0.15, 0.2) is 0 Å². The van der Waals surface area contributed by atoms with Gasteiger partial charge in [-0.15, -0.1) is 0 Å². The van der Waals surface area contributed by atoms with Gasteiger partial charge in [0.2, 0.25) is 0 Å². The van der Waals surface area contributed by atoms with E-state index in [4.69, 9.17) is 17.3 Å². The molecule has 0 aliphatic heterocycles. The van der Waals surface area contributed by atoms with E-state index in [1.165, 1.54) is 25.0 Å². The molecule has 2 N–H and O–H groups in total. The fourth-order valence-corrected chi connectivity index (χ4v) is 2.78. The Balaban J connectivity index is 2.29. The van der Waals surface area contributed by atoms with Crippen molar-refractivity contribution in [3.8, 4) is 0 Å². The van der Waals surface area contributed by atoms with Crippen LogP contribution in [0.25, 0.3) is 0 Å². The van der Waals surface area contributed by atoms with Crippen molar-refractivity contribution in [3.63, 3.8) is 0 Å². The molecule has 2 rings (SSSR count). The molecule has 1 fully saturated rings. The van der Waals surface area contributed by atoms with Gasteiger partial charge in [-0.2, -0.15) is 0 Å². The Morgan fingerprint density at radius 2 is 1.94 bits per heavy atom. The molecule has 1 nitrogen and oxygen atoms in total. The van der Waals surface area contributed by atoms with Crippen LogP contribution < -0.4 is 5.73 Å². The number of halogens is 2. The van der Waals surface area contributed by atoms with Crippen LogP contribution in [0.4, 0.5) is 4.39 Å². The summed E-state index contributed by atoms with van der Waals surface area (Å²) in [5, 5.41) is 0.642. The zero-order valence-electron chi connectivity index (χ0n) is 9.26. The van der Waals surface area contributed by atoms with Crippen LogP contribution in [0.3, 0.4) is 0 Å². The maximum atomic E-state index is 13.2. The molecule has 0 radical (unpaired) electrons. The number of nitrogens with two attached hydrogens (primary N) is 1. The third-order valence-corrected chi connectivity index (χ3v) is 3.77. The molecule has 1 aliphatic rings. The van der Waals surface area contributed by atoms with Gasteiger partial charge in [-0.1, -0.05) is 30.9 Å². The Morgan fingerprint density at radius 3 is 2.75 bits per heavy atom. The smallest absolute Gasteiger partial charge is 0.123 e. The van der Waals surface area contributed by atoms with Crippen LogP contribution >= 0.6 is 11.6 Å². The second-order valence-corrected chi connectivity index (χ2v) is 4.98. The maximum absolute atomic E-state index is 13.2. The van der Waals surface area contributed by atoms with Crippen molar-refractivity contribution in [2.45, 2.75) is 44.1 Å². The highest BCUT2D eigenvalue weighted by Crippen LogP contribution is 2.35. The molecule has 0 bridgehead atoms. The lowest BCUT2D eigenvalue weighted by molar-refractivity contribution is 0.502. The third-order valence-electron chi connectivity index (χ3n) is 3.43. The van der Waals surface area contributed by atoms with E-state index in [1.807, 2.05) is 0 Å². The van der Waals surface area contributed by atoms with Crippen LogP contribution in [-0.2, 0) is 0 Å². The molecule has 88 valence electrons. The highest BCUT2D eigenvalue weighted by molar-refractivity contribution is 6.31. The molecular formula is C13H17ClFN. The summed E-state index contributed by atoms with van der Waals surface area (Å²) in [6.07, 6.45) is 5.58. The third kappa shape index (κ3) is 2.55. The molecule has 2 unspecified atom stereocenters. The Hall–Kier alpha value is -0.600. The molecule has 0 heterocycles. The number of hydrogen-bond acceptors (Lipinski definition) is 1. The van der Waals surface area contributed by atoms with E-state index in [2.05, 4.69) is 0 Å². The van der Waals surface area contributed by atoms with Gasteiger partial charge in [-0.25, -0.2) is 4.39 Å². The fraction of sp³-hybridized carbons (Fsp3) is 0.538. The van der Waals surface area contributed by atoms with Crippen LogP contribution in [0.2, 0.25) is 5.02 Å². The summed E-state index contributed by atoms with van der Waals surface area (Å²) >= 11 is 6.13. The summed E-state index contributed by atoms with van der Waals surface area (Å²) in [6, 6.07) is 4.68. The standard InChI is InChI=1S/C13H17ClFN/c14-12-7-6-9(15)8-11(12)10-4-2-1-3-5-13(10)16/h6-8,10,13H,1-5,16H2. The molecular weight excluding hydrogens is 225 g/mol. The Labute approximate surface area is 101 Å². The summed E-state index contributed by atoms with van der Waals surface area (Å²) < 4.78 is 13.2. The van der Waals surface area contributed by atoms with Crippen LogP contribution in [0.5, 0.6) is 0 Å². The quantitative estimate of drug-likeness (QED) is 0.743. The summed E-state index contributed by atoms with van der Waals surface area (Å²) in [5.74, 6) is -0.0125. The van der Waals surface area contributed by atoms with Gasteiger partial charge in [0.05, 0.1) is 0 Å². The Bertz CT molecular complexity index is 367. The average molecular weight is 242 g/mol. The van der Waals surface area contributed by atoms with Crippen LogP contribution in [0, 0.1) is 5.82 Å². The molecule has 0 spiro atoms. The fourth-order valence-electron chi connectivity index (χ4n) is 2.52. The first-order valence-electron chi connectivity index (χ1n) is 5.89. The lowest BCUT2D eigenvalue weighted by Crippen LogP contribution is -2.27. The van der Waals surface area contributed by atoms with E-state index >= 15 is 0 Å². The van der Waals surface area contributed by atoms with Gasteiger partial charge in [0.25, 0.3) is 0 Å². The van der Waals surface area contributed by atoms with E-state index in [9.17, 15) is 4.39 Å². The van der Waals surface area contributed by atoms with Crippen molar-refractivity contribution in [1.82, 2.24) is 0 Å². The van der Waals surface area contributed by atoms with Gasteiger partial charge in [-0.3, -0.25) is 0 Å². The minimum atomic E-state index is -0.226. The summed E-state index contributed by atoms with van der Waals surface area (Å²) in [6.45, 7) is 0. The minimum absolute atomic E-state index is 0.113. The number of benzene rings is 1. The summed E-state index contributed by atoms with van der Waals surface area (Å²) in [5.41, 5.74) is 7.03. The zero-order valence-corrected chi connectivity index (χ0v) is 10.0. The van der Waals surface area contributed by atoms with E-state index in [0.29, 0.717) is 5.02 Å². The van der Waals surface area contributed by atoms with Crippen molar-refractivity contribution in [3.05, 3.63) is 34.6 Å². The molecule has 0 aromatic heterocycles. The second-order valence-electron chi connectivity index (χ2n) is 4.57. The molecule has 1 aromatic rings. The number of rotatable bonds is 1. The van der Waals surface area contributed by atoms with E-state index in [1.54, 1.807) is 6.07 Å². The summed E-state index contributed by atoms with van der Waals surface area (Å²) in [4.78, 5) is 0. The lowest BCUT2D eigenvalue weighted by Gasteiger charge is -2.22. The molecule has 1 aromatic carbocycles. The van der Waals surface area contributed by atoms with Crippen LogP contribution in [0.1, 0.15) is 43.6 Å². The molecule has 16 heavy (non-hydrogen) atoms. The maximum Gasteiger partial charge on any atom is 0.123 e. The van der Waals surface area contributed by atoms with E-state index in [0.717, 1.165) is 24.8 Å². The monoisotopic (exact) mass is 241 g/mol. The predicted molar refractivity (Wildman–Crippen MR) is 65.2 cm³/mol. The summed E-state index contributed by atoms with van der Waals surface area (Å²) in [7, 11) is 0. The van der Waals surface area contributed by atoms with Crippen molar-refractivity contribution in [1.29, 1.82) is 0 Å². The van der Waals surface area contributed by atoms with Gasteiger partial charge in [0, 0.05) is 17.0 Å². The Kier molecular flexibility index (Phi) is 3.82. The first kappa shape index (κ1) is 11.9. The molecule has 3 heteroatoms. The van der Waals surface area contributed by atoms with Gasteiger partial charge in [0.1, 0.15) is 5.82 Å². The largest absolute Gasteiger partial charge is 0.327 e. The second kappa shape index (κ2) is 5.15. The topological polar surface area (TPSA) is 26.0 Å². The Morgan fingerprint density at radius 1 is 1.19 bits per heavy atom. The van der Waals surface area contributed by atoms with Gasteiger partial charge >= 0.3 is 0 Å². The lowest BCUT2D eigenvalue weighted by atomic mass is 9.88. The number of hydrogen-bond donors (Lipinski definition) is 1. The molecule has 1 aliphatic carbocycles. The van der Waals surface area contributed by atoms with Gasteiger partial charge in [-0.05, 0) is 36.6 Å². The van der Waals surface area contributed by atoms with E-state index < -0.39 is 0 Å². The average Bonchev–Trinajstić information content (AvgIpc) is 2.47. The minimum Gasteiger partial charge on any atom is -0.327 e. The SMILES string of the molecule is NC1CCCCCC1c1cc(F)ccc1Cl. The van der Waals surface area contributed by atoms with Crippen molar-refractivity contribution in [2.75, 3.05) is 0 Å². The van der Waals surface area contributed by atoms with Crippen molar-refractivity contribution >= 4 is 11.6 Å². The molecule has 2 atom stereocenters. The molecule has 1 saturated carbocycles. The first-order chi connectivity index (χ1) is 7.68. The van der Waals surface area contributed by atoms with Gasteiger partial charge < -0.3 is 5.73 Å². The van der Waals surface area contributed by atoms with Crippen LogP contribution in [0.15, 0.2) is 18.2 Å². The van der Waals surface area contributed by atoms with Crippen molar-refractivity contribution < 1.29 is 4.39 Å². The highest BCUT2D eigenvalue weighted by atomic mass is 35.5. The molecule has 0 saturated heterocycles. The zero-order chi connectivity index (χ0) is 11.5. The normalized spacial score (nSPS) is 26.4. The van der Waals surface area contributed by atoms with Crippen LogP contribution in [-0.4, -0.2) is 6.04 Å². The highest BCUT2D eigenvalue weighted by Gasteiger charge is 2.24. The first-order valence-corrected chi connectivity index (χ1v) is 6.27. The molecule has 0 amide bonds.